The number of fused-ring (bicyclic) bond motifs is 1. The number of nitrogens with one attached hydrogen (secondary N) is 1. The molecule has 0 saturated carbocycles. The predicted molar refractivity (Wildman–Crippen MR) is 134 cm³/mol. The zero-order valence-electron chi connectivity index (χ0n) is 20.0. The Balaban J connectivity index is 1.22. The normalized spacial score (nSPS) is 15.1. The predicted octanol–water partition coefficient (Wildman–Crippen LogP) is 3.92. The van der Waals surface area contributed by atoms with Crippen molar-refractivity contribution in [2.75, 3.05) is 36.4 Å². The Morgan fingerprint density at radius 2 is 1.74 bits per heavy atom. The monoisotopic (exact) mass is 524 g/mol. The number of piperazine rings is 1. The number of nitrogens with zero attached hydrogens (tertiary/aromatic N) is 4. The number of hydrogen-bond acceptors (Lipinski definition) is 6. The molecule has 2 aliphatic rings. The van der Waals surface area contributed by atoms with E-state index < -0.39 is 12.3 Å². The molecule has 3 aromatic rings. The van der Waals surface area contributed by atoms with E-state index in [0.717, 1.165) is 40.3 Å². The number of nitrogens with two attached hydrogens (primary N) is 1. The summed E-state index contributed by atoms with van der Waals surface area (Å²) in [7, 11) is 0. The van der Waals surface area contributed by atoms with Gasteiger partial charge in [-0.3, -0.25) is 4.79 Å². The third kappa shape index (κ3) is 5.53. The van der Waals surface area contributed by atoms with Crippen LogP contribution in [0.1, 0.15) is 27.2 Å². The number of amides is 3. The molecule has 196 valence electrons. The quantitative estimate of drug-likeness (QED) is 0.523. The van der Waals surface area contributed by atoms with Gasteiger partial charge in [0.25, 0.3) is 0 Å². The van der Waals surface area contributed by atoms with Crippen LogP contribution in [0.15, 0.2) is 54.9 Å². The van der Waals surface area contributed by atoms with Gasteiger partial charge in [0.1, 0.15) is 17.9 Å². The molecule has 0 atom stereocenters. The third-order valence-corrected chi connectivity index (χ3v) is 6.35. The lowest BCUT2D eigenvalue weighted by Gasteiger charge is -2.35. The van der Waals surface area contributed by atoms with Crippen LogP contribution in [0.3, 0.4) is 0 Å². The van der Waals surface area contributed by atoms with Crippen LogP contribution in [0, 0.1) is 0 Å². The Kier molecular flexibility index (Phi) is 6.62. The lowest BCUT2D eigenvalue weighted by molar-refractivity contribution is -0.274. The van der Waals surface area contributed by atoms with E-state index in [2.05, 4.69) is 24.9 Å². The molecule has 38 heavy (non-hydrogen) atoms. The van der Waals surface area contributed by atoms with Crippen molar-refractivity contribution < 1.29 is 27.5 Å². The second kappa shape index (κ2) is 10.0. The number of aromatic nitrogens is 2. The average Bonchev–Trinajstić information content (AvgIpc) is 3.34. The summed E-state index contributed by atoms with van der Waals surface area (Å²) in [5.41, 5.74) is 9.91. The molecule has 2 heterocycles. The Morgan fingerprint density at radius 1 is 1.00 bits per heavy atom. The van der Waals surface area contributed by atoms with Crippen molar-refractivity contribution in [2.24, 2.45) is 5.73 Å². The van der Waals surface area contributed by atoms with E-state index in [-0.39, 0.29) is 11.8 Å². The molecule has 0 bridgehead atoms. The maximum Gasteiger partial charge on any atom is 0.573 e. The van der Waals surface area contributed by atoms with Crippen molar-refractivity contribution in [1.82, 2.24) is 14.9 Å². The Bertz CT molecular complexity index is 1400. The summed E-state index contributed by atoms with van der Waals surface area (Å²) >= 11 is 0. The fourth-order valence-electron chi connectivity index (χ4n) is 4.49. The van der Waals surface area contributed by atoms with Gasteiger partial charge in [-0.2, -0.15) is 0 Å². The first kappa shape index (κ1) is 25.1. The highest BCUT2D eigenvalue weighted by Crippen LogP contribution is 2.35. The second-order valence-electron chi connectivity index (χ2n) is 8.83. The van der Waals surface area contributed by atoms with Crippen molar-refractivity contribution in [2.45, 2.75) is 12.8 Å². The molecule has 1 saturated heterocycles. The SMILES string of the molecule is NC(=O)c1cccc(C2=Cc3c(ncnc3N3CCN(C(=O)Nc4ccc(OC(F)(F)F)cc4)CC3)C2)c1. The summed E-state index contributed by atoms with van der Waals surface area (Å²) in [6, 6.07) is 11.8. The molecule has 9 nitrogen and oxygen atoms in total. The van der Waals surface area contributed by atoms with Crippen LogP contribution in [0.4, 0.5) is 29.5 Å². The first-order valence-corrected chi connectivity index (χ1v) is 11.8. The molecule has 1 aliphatic carbocycles. The Hall–Kier alpha value is -4.61. The fraction of sp³-hybridized carbons (Fsp3) is 0.231. The smallest absolute Gasteiger partial charge is 0.406 e. The van der Waals surface area contributed by atoms with E-state index in [0.29, 0.717) is 43.9 Å². The van der Waals surface area contributed by atoms with Gasteiger partial charge in [-0.1, -0.05) is 12.1 Å². The van der Waals surface area contributed by atoms with Gasteiger partial charge in [-0.25, -0.2) is 14.8 Å². The molecule has 1 fully saturated rings. The van der Waals surface area contributed by atoms with Gasteiger partial charge in [0.05, 0.1) is 5.69 Å². The summed E-state index contributed by atoms with van der Waals surface area (Å²) < 4.78 is 40.8. The summed E-state index contributed by atoms with van der Waals surface area (Å²) in [6.45, 7) is 1.93. The number of benzene rings is 2. The highest BCUT2D eigenvalue weighted by Gasteiger charge is 2.31. The number of rotatable bonds is 5. The van der Waals surface area contributed by atoms with Crippen LogP contribution >= 0.6 is 0 Å². The van der Waals surface area contributed by atoms with Crippen LogP contribution in [-0.2, 0) is 6.42 Å². The van der Waals surface area contributed by atoms with Crippen LogP contribution in [0.5, 0.6) is 5.75 Å². The largest absolute Gasteiger partial charge is 0.573 e. The summed E-state index contributed by atoms with van der Waals surface area (Å²) in [6.07, 6.45) is -0.629. The number of alkyl halides is 3. The number of halogens is 3. The Labute approximate surface area is 215 Å². The van der Waals surface area contributed by atoms with Crippen LogP contribution in [-0.4, -0.2) is 59.3 Å². The zero-order chi connectivity index (χ0) is 26.9. The van der Waals surface area contributed by atoms with E-state index >= 15 is 0 Å². The second-order valence-corrected chi connectivity index (χ2v) is 8.83. The number of carbonyl (C=O) groups is 2. The molecule has 0 spiro atoms. The minimum Gasteiger partial charge on any atom is -0.406 e. The van der Waals surface area contributed by atoms with Gasteiger partial charge in [0, 0.05) is 49.4 Å². The van der Waals surface area contributed by atoms with Crippen LogP contribution in [0.2, 0.25) is 0 Å². The minimum atomic E-state index is -4.78. The summed E-state index contributed by atoms with van der Waals surface area (Å²) in [4.78, 5) is 36.9. The van der Waals surface area contributed by atoms with E-state index in [9.17, 15) is 22.8 Å². The maximum absolute atomic E-state index is 12.7. The molecular weight excluding hydrogens is 501 g/mol. The molecule has 0 unspecified atom stereocenters. The number of ether oxygens (including phenoxy) is 1. The van der Waals surface area contributed by atoms with Crippen LogP contribution < -0.4 is 20.7 Å². The van der Waals surface area contributed by atoms with E-state index in [1.807, 2.05) is 12.1 Å². The molecule has 3 N–H and O–H groups in total. The van der Waals surface area contributed by atoms with Gasteiger partial charge in [0.2, 0.25) is 5.91 Å². The lowest BCUT2D eigenvalue weighted by Crippen LogP contribution is -2.50. The van der Waals surface area contributed by atoms with Gasteiger partial charge in [0.15, 0.2) is 0 Å². The van der Waals surface area contributed by atoms with Crippen molar-refractivity contribution in [1.29, 1.82) is 0 Å². The number of anilines is 2. The molecular formula is C26H23F3N6O3. The van der Waals surface area contributed by atoms with Crippen molar-refractivity contribution in [3.05, 3.63) is 77.2 Å². The molecule has 3 amide bonds. The first-order chi connectivity index (χ1) is 18.2. The number of hydrogen-bond donors (Lipinski definition) is 2. The van der Waals surface area contributed by atoms with Crippen molar-refractivity contribution in [3.63, 3.8) is 0 Å². The fourth-order valence-corrected chi connectivity index (χ4v) is 4.49. The van der Waals surface area contributed by atoms with Gasteiger partial charge >= 0.3 is 12.4 Å². The summed E-state index contributed by atoms with van der Waals surface area (Å²) in [5, 5.41) is 2.70. The maximum atomic E-state index is 12.7. The molecule has 2 aromatic carbocycles. The molecule has 1 aromatic heterocycles. The standard InChI is InChI=1S/C26H23F3N6O3/c27-26(28,29)38-20-6-4-19(5-7-20)33-25(37)35-10-8-34(9-11-35)24-21-13-18(14-22(21)31-15-32-24)16-2-1-3-17(12-16)23(30)36/h1-7,12-13,15H,8-11,14H2,(H2,30,36)(H,33,37). The van der Waals surface area contributed by atoms with E-state index in [4.69, 9.17) is 5.73 Å². The number of allylic oxidation sites excluding steroid dienone is 1. The van der Waals surface area contributed by atoms with Crippen molar-refractivity contribution >= 4 is 35.1 Å². The van der Waals surface area contributed by atoms with Crippen LogP contribution in [0.25, 0.3) is 11.6 Å². The number of carbonyl (C=O) groups excluding carboxylic acids is 2. The van der Waals surface area contributed by atoms with Gasteiger partial charge < -0.3 is 25.6 Å². The number of urea groups is 1. The topological polar surface area (TPSA) is 114 Å². The minimum absolute atomic E-state index is 0.349. The van der Waals surface area contributed by atoms with Gasteiger partial charge in [-0.05, 0) is 53.6 Å². The highest BCUT2D eigenvalue weighted by atomic mass is 19.4. The Morgan fingerprint density at radius 3 is 2.42 bits per heavy atom. The van der Waals surface area contributed by atoms with Crippen molar-refractivity contribution in [3.8, 4) is 5.75 Å². The number of primary amides is 1. The molecule has 5 rings (SSSR count). The molecule has 12 heteroatoms. The van der Waals surface area contributed by atoms with E-state index in [1.54, 1.807) is 23.1 Å². The molecule has 0 radical (unpaired) electrons. The third-order valence-electron chi connectivity index (χ3n) is 6.35. The summed E-state index contributed by atoms with van der Waals surface area (Å²) in [5.74, 6) is -0.0755. The first-order valence-electron chi connectivity index (χ1n) is 11.8. The molecule has 1 aliphatic heterocycles. The highest BCUT2D eigenvalue weighted by molar-refractivity contribution is 5.96. The average molecular weight is 525 g/mol. The van der Waals surface area contributed by atoms with Gasteiger partial charge in [-0.15, -0.1) is 13.2 Å². The zero-order valence-corrected chi connectivity index (χ0v) is 20.0. The lowest BCUT2D eigenvalue weighted by atomic mass is 10.0. The van der Waals surface area contributed by atoms with E-state index in [1.165, 1.54) is 18.5 Å².